The van der Waals surface area contributed by atoms with Crippen LogP contribution < -0.4 is 4.74 Å². The highest BCUT2D eigenvalue weighted by Gasteiger charge is 2.02. The number of rotatable bonds is 2. The van der Waals surface area contributed by atoms with Gasteiger partial charge in [-0.2, -0.15) is 4.98 Å². The van der Waals surface area contributed by atoms with Crippen molar-refractivity contribution in [3.8, 4) is 6.01 Å². The molecular formula is C6H7ClN2O2. The van der Waals surface area contributed by atoms with Crippen molar-refractivity contribution in [3.05, 3.63) is 16.9 Å². The highest BCUT2D eigenvalue weighted by Crippen LogP contribution is 2.14. The van der Waals surface area contributed by atoms with Crippen molar-refractivity contribution in [1.29, 1.82) is 0 Å². The van der Waals surface area contributed by atoms with Gasteiger partial charge in [0, 0.05) is 11.8 Å². The van der Waals surface area contributed by atoms with Gasteiger partial charge < -0.3 is 9.84 Å². The zero-order chi connectivity index (χ0) is 8.27. The lowest BCUT2D eigenvalue weighted by molar-refractivity contribution is 0.280. The molecule has 1 rings (SSSR count). The summed E-state index contributed by atoms with van der Waals surface area (Å²) in [5.74, 6) is 0. The molecule has 0 amide bonds. The maximum Gasteiger partial charge on any atom is 0.317 e. The summed E-state index contributed by atoms with van der Waals surface area (Å²) in [6, 6.07) is 0.201. The monoisotopic (exact) mass is 174 g/mol. The van der Waals surface area contributed by atoms with Crippen LogP contribution in [0.1, 0.15) is 5.56 Å². The van der Waals surface area contributed by atoms with E-state index < -0.39 is 0 Å². The summed E-state index contributed by atoms with van der Waals surface area (Å²) in [6.45, 7) is -0.164. The molecule has 0 saturated carbocycles. The van der Waals surface area contributed by atoms with Gasteiger partial charge in [0.25, 0.3) is 0 Å². The van der Waals surface area contributed by atoms with Crippen molar-refractivity contribution in [2.24, 2.45) is 0 Å². The van der Waals surface area contributed by atoms with Crippen LogP contribution >= 0.6 is 11.6 Å². The van der Waals surface area contributed by atoms with Gasteiger partial charge in [0.05, 0.1) is 13.7 Å². The van der Waals surface area contributed by atoms with Crippen LogP contribution in [0, 0.1) is 0 Å². The lowest BCUT2D eigenvalue weighted by atomic mass is 10.4. The van der Waals surface area contributed by atoms with E-state index >= 15 is 0 Å². The van der Waals surface area contributed by atoms with E-state index in [9.17, 15) is 0 Å². The van der Waals surface area contributed by atoms with Crippen LogP contribution in [0.4, 0.5) is 0 Å². The molecule has 11 heavy (non-hydrogen) atoms. The van der Waals surface area contributed by atoms with E-state index in [0.29, 0.717) is 5.56 Å². The van der Waals surface area contributed by atoms with Crippen molar-refractivity contribution >= 4 is 11.6 Å². The second-order valence-electron chi connectivity index (χ2n) is 1.83. The minimum atomic E-state index is -0.164. The molecule has 0 saturated heterocycles. The Morgan fingerprint density at radius 1 is 1.73 bits per heavy atom. The number of hydrogen-bond donors (Lipinski definition) is 1. The molecule has 0 aliphatic heterocycles. The van der Waals surface area contributed by atoms with Gasteiger partial charge in [-0.15, -0.1) is 0 Å². The van der Waals surface area contributed by atoms with E-state index in [2.05, 4.69) is 9.97 Å². The summed E-state index contributed by atoms with van der Waals surface area (Å²) in [7, 11) is 1.45. The van der Waals surface area contributed by atoms with E-state index in [1.165, 1.54) is 13.3 Å². The lowest BCUT2D eigenvalue weighted by Crippen LogP contribution is -1.95. The van der Waals surface area contributed by atoms with E-state index in [4.69, 9.17) is 21.4 Å². The van der Waals surface area contributed by atoms with E-state index in [0.717, 1.165) is 0 Å². The quantitative estimate of drug-likeness (QED) is 0.669. The molecule has 1 heterocycles. The SMILES string of the molecule is COc1ncc(CO)c(Cl)n1. The Hall–Kier alpha value is -0.870. The van der Waals surface area contributed by atoms with Gasteiger partial charge in [-0.3, -0.25) is 0 Å². The first-order valence-electron chi connectivity index (χ1n) is 2.94. The Morgan fingerprint density at radius 2 is 2.45 bits per heavy atom. The van der Waals surface area contributed by atoms with Gasteiger partial charge >= 0.3 is 6.01 Å². The lowest BCUT2D eigenvalue weighted by Gasteiger charge is -2.00. The smallest absolute Gasteiger partial charge is 0.317 e. The summed E-state index contributed by atoms with van der Waals surface area (Å²) in [6.07, 6.45) is 1.42. The van der Waals surface area contributed by atoms with Crippen LogP contribution in [0.25, 0.3) is 0 Å². The third-order valence-corrected chi connectivity index (χ3v) is 1.47. The van der Waals surface area contributed by atoms with Crippen LogP contribution in [0.5, 0.6) is 6.01 Å². The van der Waals surface area contributed by atoms with Gasteiger partial charge in [0.2, 0.25) is 0 Å². The Bertz CT molecular complexity index is 254. The van der Waals surface area contributed by atoms with Crippen LogP contribution in [0.3, 0.4) is 0 Å². The van der Waals surface area contributed by atoms with Crippen LogP contribution in [-0.4, -0.2) is 22.2 Å². The minimum absolute atomic E-state index is 0.164. The molecule has 0 aliphatic rings. The molecule has 0 spiro atoms. The number of nitrogens with zero attached hydrogens (tertiary/aromatic N) is 2. The zero-order valence-corrected chi connectivity index (χ0v) is 6.67. The molecule has 0 unspecified atom stereocenters. The third-order valence-electron chi connectivity index (χ3n) is 1.14. The van der Waals surface area contributed by atoms with Gasteiger partial charge in [-0.25, -0.2) is 4.98 Å². The largest absolute Gasteiger partial charge is 0.467 e. The van der Waals surface area contributed by atoms with Crippen LogP contribution in [0.2, 0.25) is 5.15 Å². The predicted molar refractivity (Wildman–Crippen MR) is 39.5 cm³/mol. The number of ether oxygens (including phenoxy) is 1. The second-order valence-corrected chi connectivity index (χ2v) is 2.19. The number of halogens is 1. The van der Waals surface area contributed by atoms with Crippen LogP contribution in [0.15, 0.2) is 6.20 Å². The topological polar surface area (TPSA) is 55.2 Å². The fourth-order valence-corrected chi connectivity index (χ4v) is 0.756. The molecule has 1 aromatic rings. The average molecular weight is 175 g/mol. The molecule has 0 aliphatic carbocycles. The molecule has 0 bridgehead atoms. The first-order chi connectivity index (χ1) is 5.27. The van der Waals surface area contributed by atoms with E-state index in [-0.39, 0.29) is 17.8 Å². The summed E-state index contributed by atoms with van der Waals surface area (Å²) in [5, 5.41) is 8.90. The van der Waals surface area contributed by atoms with Crippen molar-refractivity contribution < 1.29 is 9.84 Å². The van der Waals surface area contributed by atoms with Gasteiger partial charge in [-0.1, -0.05) is 11.6 Å². The molecule has 1 N–H and O–H groups in total. The third kappa shape index (κ3) is 1.78. The summed E-state index contributed by atoms with van der Waals surface area (Å²) >= 11 is 5.62. The Morgan fingerprint density at radius 3 is 2.91 bits per heavy atom. The first-order valence-corrected chi connectivity index (χ1v) is 3.32. The van der Waals surface area contributed by atoms with E-state index in [1.807, 2.05) is 0 Å². The number of hydrogen-bond acceptors (Lipinski definition) is 4. The average Bonchev–Trinajstić information content (AvgIpc) is 2.04. The van der Waals surface area contributed by atoms with Crippen molar-refractivity contribution in [3.63, 3.8) is 0 Å². The zero-order valence-electron chi connectivity index (χ0n) is 5.91. The Labute approximate surface area is 68.8 Å². The maximum absolute atomic E-state index is 8.68. The van der Waals surface area contributed by atoms with Crippen molar-refractivity contribution in [2.75, 3.05) is 7.11 Å². The molecule has 60 valence electrons. The van der Waals surface area contributed by atoms with Crippen molar-refractivity contribution in [1.82, 2.24) is 9.97 Å². The summed E-state index contributed by atoms with van der Waals surface area (Å²) in [4.78, 5) is 7.49. The Balaban J connectivity index is 2.99. The molecule has 5 heteroatoms. The summed E-state index contributed by atoms with van der Waals surface area (Å²) in [5.41, 5.74) is 0.493. The van der Waals surface area contributed by atoms with Gasteiger partial charge in [0.1, 0.15) is 5.15 Å². The number of aliphatic hydroxyl groups excluding tert-OH is 1. The van der Waals surface area contributed by atoms with Crippen molar-refractivity contribution in [2.45, 2.75) is 6.61 Å². The summed E-state index contributed by atoms with van der Waals surface area (Å²) < 4.78 is 4.71. The molecular weight excluding hydrogens is 168 g/mol. The highest BCUT2D eigenvalue weighted by molar-refractivity contribution is 6.30. The normalized spacial score (nSPS) is 9.73. The molecule has 1 aromatic heterocycles. The first kappa shape index (κ1) is 8.23. The van der Waals surface area contributed by atoms with E-state index in [1.54, 1.807) is 0 Å². The standard InChI is InChI=1S/C6H7ClN2O2/c1-11-6-8-2-4(3-10)5(7)9-6/h2,10H,3H2,1H3. The fourth-order valence-electron chi connectivity index (χ4n) is 0.575. The number of methoxy groups -OCH3 is 1. The minimum Gasteiger partial charge on any atom is -0.467 e. The molecule has 0 atom stereocenters. The predicted octanol–water partition coefficient (Wildman–Crippen LogP) is 0.631. The molecule has 4 nitrogen and oxygen atoms in total. The maximum atomic E-state index is 8.68. The fraction of sp³-hybridized carbons (Fsp3) is 0.333. The number of aromatic nitrogens is 2. The van der Waals surface area contributed by atoms with Gasteiger partial charge in [-0.05, 0) is 0 Å². The second kappa shape index (κ2) is 3.50. The highest BCUT2D eigenvalue weighted by atomic mass is 35.5. The van der Waals surface area contributed by atoms with Crippen LogP contribution in [-0.2, 0) is 6.61 Å². The van der Waals surface area contributed by atoms with Gasteiger partial charge in [0.15, 0.2) is 0 Å². The number of aliphatic hydroxyl groups is 1. The Kier molecular flexibility index (Phi) is 2.62. The molecule has 0 fully saturated rings. The molecule has 0 aromatic carbocycles. The molecule has 0 radical (unpaired) electrons.